The number of methoxy groups -OCH3 is 1. The number of fused-ring (bicyclic) bond motifs is 4. The first-order valence-electron chi connectivity index (χ1n) is 43.6. The van der Waals surface area contributed by atoms with Gasteiger partial charge in [0, 0.05) is 84.6 Å². The molecule has 0 radical (unpaired) electrons. The summed E-state index contributed by atoms with van der Waals surface area (Å²) < 4.78 is 19.3. The van der Waals surface area contributed by atoms with Crippen molar-refractivity contribution in [2.24, 2.45) is 40.8 Å². The Hall–Kier alpha value is -14.6. The third-order valence-electron chi connectivity index (χ3n) is 22.7. The summed E-state index contributed by atoms with van der Waals surface area (Å²) in [6.07, 6.45) is 14.5. The minimum Gasteiger partial charge on any atom is -0.495 e. The number of thioether (sulfide) groups is 4. The van der Waals surface area contributed by atoms with Gasteiger partial charge < -0.3 is 4.74 Å². The molecule has 0 fully saturated rings. The molecule has 0 N–H and O–H groups in total. The lowest BCUT2D eigenvalue weighted by Crippen LogP contribution is -2.05. The van der Waals surface area contributed by atoms with Crippen molar-refractivity contribution in [1.29, 1.82) is 0 Å². The Morgan fingerprint density at radius 1 is 0.276 bits per heavy atom. The lowest BCUT2D eigenvalue weighted by molar-refractivity contribution is -0.115. The van der Waals surface area contributed by atoms with Gasteiger partial charge >= 0.3 is 0 Å². The minimum absolute atomic E-state index is 0.107. The molecular weight excluding hydrogens is 1740 g/mol. The van der Waals surface area contributed by atoms with E-state index in [2.05, 4.69) is 297 Å². The highest BCUT2D eigenvalue weighted by Crippen LogP contribution is 2.40. The van der Waals surface area contributed by atoms with Crippen LogP contribution in [0.25, 0.3) is 132 Å². The highest BCUT2D eigenvalue weighted by atomic mass is 32.2. The fourth-order valence-electron chi connectivity index (χ4n) is 15.6. The first kappa shape index (κ1) is 91.3. The average molecular weight is 1830 g/mol. The van der Waals surface area contributed by atoms with E-state index in [1.54, 1.807) is 47.2 Å². The van der Waals surface area contributed by atoms with Crippen LogP contribution < -0.4 is 4.74 Å². The van der Waals surface area contributed by atoms with Crippen LogP contribution in [0.1, 0.15) is 92.7 Å². The van der Waals surface area contributed by atoms with Gasteiger partial charge in [0.05, 0.1) is 65.4 Å². The number of ether oxygens (including phenoxy) is 1. The quantitative estimate of drug-likeness (QED) is 0.0650. The topological polar surface area (TPSA) is 241 Å². The van der Waals surface area contributed by atoms with Crippen molar-refractivity contribution in [3.8, 4) is 94.8 Å². The SMILES string of the molecule is CC(=O)CSC1=NN=C(c2cc(-c3cnc(C)c(C)c3)cc(-c3ccc4ccccc4c3)c2)C1.CC(=O)CSC1=NN=C(c2cc(-c3cnc(C)nc3)cc(-c3ccc4ccccc4c3)c2)C1.CC(=O)CSC1=NN=C(c2cc(-c3cncc(F)c3)cc(-c3ccc4ccccc4c3)c2)C1.COc1cncc(-c2cc(C3=NN=C(SCC(C)=O)C3)cc(-c3ccc4ccccc4c3)c2)c1. The van der Waals surface area contributed by atoms with Crippen LogP contribution in [0.2, 0.25) is 0 Å². The van der Waals surface area contributed by atoms with Gasteiger partial charge in [-0.05, 0) is 301 Å². The van der Waals surface area contributed by atoms with E-state index >= 15 is 0 Å². The number of rotatable bonds is 21. The number of ketones is 4. The normalized spacial score (nSPS) is 13.1. The second-order valence-electron chi connectivity index (χ2n) is 32.9. The zero-order valence-electron chi connectivity index (χ0n) is 74.9. The third kappa shape index (κ3) is 23.1. The Kier molecular flexibility index (Phi) is 28.8. The number of hydrogen-bond donors (Lipinski definition) is 0. The van der Waals surface area contributed by atoms with E-state index in [-0.39, 0.29) is 29.0 Å². The third-order valence-corrected chi connectivity index (χ3v) is 27.1. The maximum Gasteiger partial charge on any atom is 0.142 e. The zero-order chi connectivity index (χ0) is 92.7. The van der Waals surface area contributed by atoms with Crippen LogP contribution in [0.3, 0.4) is 0 Å². The number of Topliss-reactive ketones (excluding diaryl/α,β-unsaturated/α-hetero) is 4. The number of benzene rings is 12. The van der Waals surface area contributed by atoms with Gasteiger partial charge in [0.1, 0.15) is 60.7 Å². The predicted octanol–water partition coefficient (Wildman–Crippen LogP) is 26.1. The van der Waals surface area contributed by atoms with E-state index in [0.717, 1.165) is 166 Å². The molecule has 0 bridgehead atoms. The van der Waals surface area contributed by atoms with E-state index in [4.69, 9.17) is 4.74 Å². The first-order valence-corrected chi connectivity index (χ1v) is 47.5. The van der Waals surface area contributed by atoms with E-state index in [0.29, 0.717) is 60.0 Å². The molecule has 0 unspecified atom stereocenters. The molecular formula is C111H90FN13O5S4. The summed E-state index contributed by atoms with van der Waals surface area (Å²) in [4.78, 5) is 67.1. The second-order valence-corrected chi connectivity index (χ2v) is 37.1. The predicted molar refractivity (Wildman–Crippen MR) is 556 cm³/mol. The largest absolute Gasteiger partial charge is 0.495 e. The van der Waals surface area contributed by atoms with Gasteiger partial charge in [0.2, 0.25) is 0 Å². The van der Waals surface area contributed by atoms with Crippen molar-refractivity contribution in [2.45, 2.75) is 74.1 Å². The summed E-state index contributed by atoms with van der Waals surface area (Å²) >= 11 is 5.81. The maximum absolute atomic E-state index is 13.9. The monoisotopic (exact) mass is 1830 g/mol. The van der Waals surface area contributed by atoms with Crippen LogP contribution in [-0.4, -0.2) is 121 Å². The Morgan fingerprint density at radius 2 is 0.552 bits per heavy atom. The summed E-state index contributed by atoms with van der Waals surface area (Å²) in [6, 6.07) is 90.6. The van der Waals surface area contributed by atoms with Gasteiger partial charge in [0.25, 0.3) is 0 Å². The molecule has 12 aromatic carbocycles. The molecule has 20 rings (SSSR count). The first-order chi connectivity index (χ1) is 65.1. The lowest BCUT2D eigenvalue weighted by Gasteiger charge is -2.12. The van der Waals surface area contributed by atoms with Crippen LogP contribution in [0.4, 0.5) is 4.39 Å². The van der Waals surface area contributed by atoms with Crippen molar-refractivity contribution >= 4 is 156 Å². The summed E-state index contributed by atoms with van der Waals surface area (Å²) in [7, 11) is 1.64. The zero-order valence-corrected chi connectivity index (χ0v) is 78.2. The van der Waals surface area contributed by atoms with Crippen molar-refractivity contribution in [3.63, 3.8) is 0 Å². The number of carbonyl (C=O) groups excluding carboxylic acids is 4. The van der Waals surface area contributed by atoms with Crippen molar-refractivity contribution in [2.75, 3.05) is 30.1 Å². The van der Waals surface area contributed by atoms with Gasteiger partial charge in [0.15, 0.2) is 0 Å². The van der Waals surface area contributed by atoms with Gasteiger partial charge in [-0.1, -0.05) is 146 Å². The Morgan fingerprint density at radius 3 is 0.858 bits per heavy atom. The molecule has 134 heavy (non-hydrogen) atoms. The number of hydrogen-bond acceptors (Lipinski definition) is 22. The number of aryl methyl sites for hydroxylation is 3. The summed E-state index contributed by atoms with van der Waals surface area (Å²) in [5.74, 6) is 3.24. The van der Waals surface area contributed by atoms with Gasteiger partial charge in [-0.2, -0.15) is 20.4 Å². The van der Waals surface area contributed by atoms with E-state index < -0.39 is 0 Å². The summed E-state index contributed by atoms with van der Waals surface area (Å²) in [6.45, 7) is 12.3. The number of nitrogens with zero attached hydrogens (tertiary/aromatic N) is 13. The van der Waals surface area contributed by atoms with Crippen molar-refractivity contribution in [1.82, 2.24) is 24.9 Å². The number of halogens is 1. The lowest BCUT2D eigenvalue weighted by atomic mass is 9.93. The minimum atomic E-state index is -0.380. The Labute approximate surface area is 793 Å². The van der Waals surface area contributed by atoms with E-state index in [1.165, 1.54) is 103 Å². The molecule has 16 aromatic rings. The van der Waals surface area contributed by atoms with Crippen LogP contribution in [0.15, 0.2) is 345 Å². The molecule has 4 aromatic heterocycles. The van der Waals surface area contributed by atoms with Crippen LogP contribution in [0, 0.1) is 26.6 Å². The van der Waals surface area contributed by atoms with Crippen molar-refractivity contribution < 1.29 is 28.3 Å². The molecule has 4 aliphatic rings. The molecule has 0 aliphatic carbocycles. The van der Waals surface area contributed by atoms with Crippen LogP contribution >= 0.6 is 47.0 Å². The molecule has 0 amide bonds. The average Bonchev–Trinajstić information content (AvgIpc) is 1.26. The standard InChI is InChI=1S/C29H25N3OS.C28H23N3O2S.C27H20FN3OS.C27H22N4OS/c1-18-10-27(16-30-20(18)3)25-12-24(23-9-8-21-6-4-5-7-22(21)11-23)13-26(14-25)28-15-29(32-31-28)34-17-19(2)33;1-18(32)17-34-28-14-27(30-31-28)24-11-22(21-8-7-19-5-3-4-6-20(19)9-21)10-23(12-24)25-13-26(33-2)16-29-15-25;1-17(32)16-33-27-13-26(30-31-27)23-10-21(9-22(11-23)24-12-25(28)15-29-14-24)20-7-6-18-4-2-3-5-19(18)8-20;1-17(32)16-33-27-13-26(30-31-27)24-11-22(10-23(12-24)25-14-28-18(2)29-15-25)21-8-7-19-5-3-4-6-20(19)9-21/h4-14,16H,15,17H2,1-3H3;3-13,15-16H,14,17H2,1-2H3;2-12,14-15H,13,16H2,1H3;3-12,14-15H,13,16H2,1-2H3. The van der Waals surface area contributed by atoms with Gasteiger partial charge in [-0.3, -0.25) is 34.1 Å². The summed E-state index contributed by atoms with van der Waals surface area (Å²) in [5.41, 5.74) is 26.2. The van der Waals surface area contributed by atoms with E-state index in [1.807, 2.05) is 69.0 Å². The van der Waals surface area contributed by atoms with Gasteiger partial charge in [-0.25, -0.2) is 14.4 Å². The fraction of sp³-hybridized carbons (Fsp3) is 0.144. The molecule has 8 heterocycles. The number of pyridine rings is 3. The van der Waals surface area contributed by atoms with Crippen LogP contribution in [0.5, 0.6) is 5.75 Å². The molecule has 18 nitrogen and oxygen atoms in total. The summed E-state index contributed by atoms with van der Waals surface area (Å²) in [5, 5.41) is 48.0. The molecule has 0 saturated carbocycles. The maximum atomic E-state index is 13.9. The molecule has 0 atom stereocenters. The van der Waals surface area contributed by atoms with E-state index in [9.17, 15) is 23.6 Å². The van der Waals surface area contributed by atoms with Crippen LogP contribution in [-0.2, 0) is 19.2 Å². The highest BCUT2D eigenvalue weighted by Gasteiger charge is 2.25. The number of aromatic nitrogens is 5. The Balaban J connectivity index is 0.000000124. The highest BCUT2D eigenvalue weighted by molar-refractivity contribution is 8.15. The molecule has 660 valence electrons. The van der Waals surface area contributed by atoms with Gasteiger partial charge in [-0.15, -0.1) is 67.5 Å². The molecule has 0 spiro atoms. The number of carbonyl (C=O) groups is 4. The molecule has 0 saturated heterocycles. The molecule has 23 heteroatoms. The Bertz CT molecular complexity index is 7590. The van der Waals surface area contributed by atoms with Crippen molar-refractivity contribution in [3.05, 3.63) is 349 Å². The fourth-order valence-corrected chi connectivity index (χ4v) is 18.4. The smallest absolute Gasteiger partial charge is 0.142 e. The molecule has 4 aliphatic heterocycles. The second kappa shape index (κ2) is 42.3.